The fraction of sp³-hybridized carbons (Fsp3) is 0.560. The molecule has 212 valence electrons. The number of aliphatic hydroxyl groups is 1. The van der Waals surface area contributed by atoms with Gasteiger partial charge in [0.05, 0.1) is 12.1 Å². The Morgan fingerprint density at radius 2 is 1.53 bits per heavy atom. The number of rotatable bonds is 16. The molecule has 1 rings (SSSR count). The maximum Gasteiger partial charge on any atom is 0.328 e. The summed E-state index contributed by atoms with van der Waals surface area (Å²) in [6.07, 6.45) is -0.205. The summed E-state index contributed by atoms with van der Waals surface area (Å²) in [6, 6.07) is 4.09. The zero-order chi connectivity index (χ0) is 28.8. The summed E-state index contributed by atoms with van der Waals surface area (Å²) in [5, 5.41) is 26.7. The maximum atomic E-state index is 13.3. The number of aliphatic hydroxyl groups excluding tert-OH is 1. The van der Waals surface area contributed by atoms with Gasteiger partial charge in [0.15, 0.2) is 12.0 Å². The van der Waals surface area contributed by atoms with Crippen molar-refractivity contribution in [3.05, 3.63) is 35.9 Å². The number of guanidine groups is 1. The fourth-order valence-electron chi connectivity index (χ4n) is 3.53. The highest BCUT2D eigenvalue weighted by Crippen LogP contribution is 2.09. The molecule has 0 radical (unpaired) electrons. The van der Waals surface area contributed by atoms with E-state index in [1.807, 2.05) is 13.8 Å². The minimum atomic E-state index is -1.58. The number of aliphatic imine (C=N–C) groups is 1. The molecular weight excluding hydrogens is 494 g/mol. The van der Waals surface area contributed by atoms with E-state index in [9.17, 15) is 29.4 Å². The molecule has 0 aliphatic heterocycles. The van der Waals surface area contributed by atoms with Gasteiger partial charge in [0.2, 0.25) is 17.7 Å². The van der Waals surface area contributed by atoms with Crippen molar-refractivity contribution < 1.29 is 29.4 Å². The molecule has 1 aromatic carbocycles. The number of nitrogens with one attached hydrogen (secondary N) is 3. The third kappa shape index (κ3) is 11.1. The second-order valence-electron chi connectivity index (χ2n) is 9.24. The standard InChI is InChI=1S/C25H41N7O6/c1-4-14(2)19(26)23(36)30-17(11-8-12-29-25(27)28)21(34)31-18(13-16-9-6-5-7-10-16)22(35)32-20(15(3)33)24(37)38/h5-7,9-10,14-15,17-20,33H,4,8,11-13,26H2,1-3H3,(H,30,36)(H,31,34)(H,32,35)(H,37,38)(H4,27,28,29). The van der Waals surface area contributed by atoms with Gasteiger partial charge in [0, 0.05) is 13.0 Å². The first kappa shape index (κ1) is 32.3. The highest BCUT2D eigenvalue weighted by molar-refractivity contribution is 5.94. The molecule has 13 nitrogen and oxygen atoms in total. The molecule has 0 aliphatic carbocycles. The molecule has 11 N–H and O–H groups in total. The summed E-state index contributed by atoms with van der Waals surface area (Å²) in [7, 11) is 0. The Morgan fingerprint density at radius 1 is 0.947 bits per heavy atom. The molecule has 3 amide bonds. The second-order valence-corrected chi connectivity index (χ2v) is 9.24. The van der Waals surface area contributed by atoms with Crippen LogP contribution >= 0.6 is 0 Å². The van der Waals surface area contributed by atoms with Crippen molar-refractivity contribution in [3.63, 3.8) is 0 Å². The Labute approximate surface area is 222 Å². The molecule has 13 heteroatoms. The lowest BCUT2D eigenvalue weighted by atomic mass is 9.98. The van der Waals surface area contributed by atoms with Crippen LogP contribution in [-0.4, -0.2) is 76.7 Å². The van der Waals surface area contributed by atoms with E-state index in [0.717, 1.165) is 0 Å². The van der Waals surface area contributed by atoms with E-state index < -0.39 is 54.0 Å². The Bertz CT molecular complexity index is 953. The lowest BCUT2D eigenvalue weighted by Crippen LogP contribution is -2.59. The van der Waals surface area contributed by atoms with Crippen LogP contribution in [0.4, 0.5) is 0 Å². The van der Waals surface area contributed by atoms with Crippen molar-refractivity contribution in [3.8, 4) is 0 Å². The summed E-state index contributed by atoms with van der Waals surface area (Å²) < 4.78 is 0. The molecule has 0 saturated carbocycles. The van der Waals surface area contributed by atoms with Crippen LogP contribution in [0.3, 0.4) is 0 Å². The minimum Gasteiger partial charge on any atom is -0.480 e. The van der Waals surface area contributed by atoms with Crippen molar-refractivity contribution in [2.75, 3.05) is 6.54 Å². The first-order valence-corrected chi connectivity index (χ1v) is 12.5. The number of nitrogens with zero attached hydrogens (tertiary/aromatic N) is 1. The number of aliphatic carboxylic acids is 1. The number of nitrogens with two attached hydrogens (primary N) is 3. The highest BCUT2D eigenvalue weighted by atomic mass is 16.4. The van der Waals surface area contributed by atoms with E-state index in [0.29, 0.717) is 18.4 Å². The molecule has 0 aliphatic rings. The normalized spacial score (nSPS) is 15.6. The second kappa shape index (κ2) is 16.2. The number of hydrogen-bond donors (Lipinski definition) is 8. The van der Waals surface area contributed by atoms with E-state index >= 15 is 0 Å². The van der Waals surface area contributed by atoms with Gasteiger partial charge in [-0.05, 0) is 31.2 Å². The van der Waals surface area contributed by atoms with Crippen LogP contribution in [0.2, 0.25) is 0 Å². The Morgan fingerprint density at radius 3 is 2.05 bits per heavy atom. The van der Waals surface area contributed by atoms with Gasteiger partial charge in [-0.3, -0.25) is 19.4 Å². The number of carbonyl (C=O) groups excluding carboxylic acids is 3. The summed E-state index contributed by atoms with van der Waals surface area (Å²) in [4.78, 5) is 54.5. The van der Waals surface area contributed by atoms with Crippen molar-refractivity contribution in [1.29, 1.82) is 0 Å². The average molecular weight is 536 g/mol. The summed E-state index contributed by atoms with van der Waals surface area (Å²) in [5.74, 6) is -3.67. The minimum absolute atomic E-state index is 0.0333. The first-order chi connectivity index (χ1) is 17.9. The quantitative estimate of drug-likeness (QED) is 0.0703. The smallest absolute Gasteiger partial charge is 0.328 e. The SMILES string of the molecule is CCC(C)C(N)C(=O)NC(CCCN=C(N)N)C(=O)NC(Cc1ccccc1)C(=O)NC(C(=O)O)C(C)O. The Balaban J connectivity index is 3.17. The van der Waals surface area contributed by atoms with Crippen LogP contribution < -0.4 is 33.2 Å². The van der Waals surface area contributed by atoms with Gasteiger partial charge < -0.3 is 43.4 Å². The predicted octanol–water partition coefficient (Wildman–Crippen LogP) is -1.42. The van der Waals surface area contributed by atoms with Gasteiger partial charge >= 0.3 is 5.97 Å². The maximum absolute atomic E-state index is 13.3. The molecule has 0 bridgehead atoms. The largest absolute Gasteiger partial charge is 0.480 e. The summed E-state index contributed by atoms with van der Waals surface area (Å²) in [5.41, 5.74) is 17.4. The Kier molecular flexibility index (Phi) is 13.8. The molecule has 0 heterocycles. The van der Waals surface area contributed by atoms with E-state index in [-0.39, 0.29) is 31.3 Å². The molecule has 1 aromatic rings. The lowest BCUT2D eigenvalue weighted by molar-refractivity contribution is -0.145. The topological polar surface area (TPSA) is 235 Å². The van der Waals surface area contributed by atoms with Crippen molar-refractivity contribution in [2.45, 2.75) is 76.7 Å². The van der Waals surface area contributed by atoms with Crippen molar-refractivity contribution >= 4 is 29.7 Å². The fourth-order valence-corrected chi connectivity index (χ4v) is 3.53. The molecule has 0 aromatic heterocycles. The van der Waals surface area contributed by atoms with Crippen molar-refractivity contribution in [2.24, 2.45) is 28.1 Å². The van der Waals surface area contributed by atoms with Gasteiger partial charge in [-0.25, -0.2) is 4.79 Å². The molecule has 6 atom stereocenters. The van der Waals surface area contributed by atoms with E-state index in [4.69, 9.17) is 17.2 Å². The highest BCUT2D eigenvalue weighted by Gasteiger charge is 2.32. The lowest BCUT2D eigenvalue weighted by Gasteiger charge is -2.26. The number of carboxylic acid groups (broad SMARTS) is 1. The van der Waals surface area contributed by atoms with Gasteiger partial charge in [0.25, 0.3) is 0 Å². The van der Waals surface area contributed by atoms with Gasteiger partial charge in [-0.1, -0.05) is 50.6 Å². The average Bonchev–Trinajstić information content (AvgIpc) is 2.87. The van der Waals surface area contributed by atoms with Gasteiger partial charge in [-0.15, -0.1) is 0 Å². The zero-order valence-electron chi connectivity index (χ0n) is 22.1. The van der Waals surface area contributed by atoms with Gasteiger partial charge in [-0.2, -0.15) is 0 Å². The van der Waals surface area contributed by atoms with Crippen LogP contribution in [0, 0.1) is 5.92 Å². The summed E-state index contributed by atoms with van der Waals surface area (Å²) >= 11 is 0. The molecule has 0 spiro atoms. The van der Waals surface area contributed by atoms with Crippen molar-refractivity contribution in [1.82, 2.24) is 16.0 Å². The third-order valence-electron chi connectivity index (χ3n) is 6.10. The number of amides is 3. The van der Waals surface area contributed by atoms with Crippen LogP contribution in [0.1, 0.15) is 45.6 Å². The monoisotopic (exact) mass is 535 g/mol. The molecule has 0 fully saturated rings. The van der Waals surface area contributed by atoms with Gasteiger partial charge in [0.1, 0.15) is 12.1 Å². The number of hydrogen-bond acceptors (Lipinski definition) is 7. The predicted molar refractivity (Wildman–Crippen MR) is 143 cm³/mol. The summed E-state index contributed by atoms with van der Waals surface area (Å²) in [6.45, 7) is 5.15. The van der Waals surface area contributed by atoms with Crippen LogP contribution in [-0.2, 0) is 25.6 Å². The number of carboxylic acids is 1. The number of benzene rings is 1. The first-order valence-electron chi connectivity index (χ1n) is 12.5. The zero-order valence-corrected chi connectivity index (χ0v) is 22.1. The van der Waals surface area contributed by atoms with Crippen LogP contribution in [0.15, 0.2) is 35.3 Å². The Hall–Kier alpha value is -3.71. The molecular formula is C25H41N7O6. The van der Waals surface area contributed by atoms with Crippen LogP contribution in [0.25, 0.3) is 0 Å². The van der Waals surface area contributed by atoms with E-state index in [1.165, 1.54) is 6.92 Å². The molecule has 38 heavy (non-hydrogen) atoms. The molecule has 6 unspecified atom stereocenters. The van der Waals surface area contributed by atoms with E-state index in [2.05, 4.69) is 20.9 Å². The molecule has 0 saturated heterocycles. The third-order valence-corrected chi connectivity index (χ3v) is 6.10. The van der Waals surface area contributed by atoms with Crippen LogP contribution in [0.5, 0.6) is 0 Å². The van der Waals surface area contributed by atoms with E-state index in [1.54, 1.807) is 30.3 Å². The number of carbonyl (C=O) groups is 4.